The van der Waals surface area contributed by atoms with E-state index in [2.05, 4.69) is 9.97 Å². The normalized spacial score (nSPS) is 15.2. The fourth-order valence-corrected chi connectivity index (χ4v) is 2.94. The molecule has 1 aliphatic rings. The molecule has 1 aromatic carbocycles. The van der Waals surface area contributed by atoms with Crippen molar-refractivity contribution in [2.24, 2.45) is 0 Å². The zero-order valence-electron chi connectivity index (χ0n) is 13.9. The number of aromatic nitrogens is 2. The molecule has 0 spiro atoms. The van der Waals surface area contributed by atoms with Crippen molar-refractivity contribution in [1.29, 1.82) is 0 Å². The van der Waals surface area contributed by atoms with Crippen LogP contribution in [0.25, 0.3) is 0 Å². The van der Waals surface area contributed by atoms with Crippen molar-refractivity contribution in [3.05, 3.63) is 42.4 Å². The summed E-state index contributed by atoms with van der Waals surface area (Å²) < 4.78 is 11.2. The summed E-state index contributed by atoms with van der Waals surface area (Å²) in [6.45, 7) is 3.10. The van der Waals surface area contributed by atoms with Crippen LogP contribution >= 0.6 is 0 Å². The zero-order valence-corrected chi connectivity index (χ0v) is 13.9. The number of rotatable bonds is 4. The van der Waals surface area contributed by atoms with Crippen LogP contribution in [-0.2, 0) is 4.79 Å². The van der Waals surface area contributed by atoms with E-state index in [1.807, 2.05) is 29.2 Å². The van der Waals surface area contributed by atoms with E-state index in [0.29, 0.717) is 11.6 Å². The maximum Gasteiger partial charge on any atom is 0.241 e. The van der Waals surface area contributed by atoms with Crippen molar-refractivity contribution in [2.75, 3.05) is 20.2 Å². The molecule has 24 heavy (non-hydrogen) atoms. The van der Waals surface area contributed by atoms with Gasteiger partial charge in [0, 0.05) is 44.4 Å². The molecule has 0 unspecified atom stereocenters. The van der Waals surface area contributed by atoms with E-state index in [1.54, 1.807) is 26.4 Å². The number of carbonyl (C=O) groups excluding carboxylic acids is 1. The molecule has 0 aliphatic carbocycles. The molecule has 2 aromatic rings. The van der Waals surface area contributed by atoms with Gasteiger partial charge in [-0.2, -0.15) is 0 Å². The van der Waals surface area contributed by atoms with Gasteiger partial charge in [0.1, 0.15) is 17.2 Å². The minimum absolute atomic E-state index is 0.125. The smallest absolute Gasteiger partial charge is 0.241 e. The van der Waals surface area contributed by atoms with E-state index in [9.17, 15) is 4.79 Å². The van der Waals surface area contributed by atoms with Gasteiger partial charge in [-0.1, -0.05) is 6.07 Å². The summed E-state index contributed by atoms with van der Waals surface area (Å²) in [6, 6.07) is 7.41. The summed E-state index contributed by atoms with van der Waals surface area (Å²) in [5, 5.41) is 0. The van der Waals surface area contributed by atoms with E-state index in [4.69, 9.17) is 9.47 Å². The van der Waals surface area contributed by atoms with Crippen molar-refractivity contribution < 1.29 is 14.3 Å². The molecule has 0 radical (unpaired) electrons. The SMILES string of the molecule is COc1cccc(Oc2nccnc2C2CCN(C(C)=O)CC2)c1. The highest BCUT2D eigenvalue weighted by Gasteiger charge is 2.26. The van der Waals surface area contributed by atoms with Crippen LogP contribution in [-0.4, -0.2) is 41.0 Å². The first-order chi connectivity index (χ1) is 11.7. The van der Waals surface area contributed by atoms with Gasteiger partial charge in [-0.05, 0) is 25.0 Å². The summed E-state index contributed by atoms with van der Waals surface area (Å²) in [4.78, 5) is 22.2. The lowest BCUT2D eigenvalue weighted by Crippen LogP contribution is -2.36. The second-order valence-electron chi connectivity index (χ2n) is 5.81. The molecule has 0 bridgehead atoms. The number of nitrogens with zero attached hydrogens (tertiary/aromatic N) is 3. The molecule has 0 atom stereocenters. The summed E-state index contributed by atoms with van der Waals surface area (Å²) in [6.07, 6.45) is 5.05. The molecule has 126 valence electrons. The third kappa shape index (κ3) is 3.64. The van der Waals surface area contributed by atoms with Gasteiger partial charge >= 0.3 is 0 Å². The molecule has 1 saturated heterocycles. The van der Waals surface area contributed by atoms with Gasteiger partial charge in [0.05, 0.1) is 7.11 Å². The average molecular weight is 327 g/mol. The van der Waals surface area contributed by atoms with Crippen LogP contribution in [0, 0.1) is 0 Å². The average Bonchev–Trinajstić information content (AvgIpc) is 2.62. The first kappa shape index (κ1) is 16.2. The minimum Gasteiger partial charge on any atom is -0.497 e. The molecular formula is C18H21N3O3. The van der Waals surface area contributed by atoms with E-state index in [1.165, 1.54) is 0 Å². The Morgan fingerprint density at radius 2 is 1.88 bits per heavy atom. The van der Waals surface area contributed by atoms with Crippen LogP contribution in [0.1, 0.15) is 31.4 Å². The predicted octanol–water partition coefficient (Wildman–Crippen LogP) is 3.00. The Balaban J connectivity index is 1.77. The molecule has 1 fully saturated rings. The quantitative estimate of drug-likeness (QED) is 0.864. The fourth-order valence-electron chi connectivity index (χ4n) is 2.94. The second kappa shape index (κ2) is 7.29. The van der Waals surface area contributed by atoms with Crippen molar-refractivity contribution in [3.8, 4) is 17.4 Å². The Morgan fingerprint density at radius 3 is 2.58 bits per heavy atom. The minimum atomic E-state index is 0.125. The lowest BCUT2D eigenvalue weighted by atomic mass is 9.93. The van der Waals surface area contributed by atoms with Gasteiger partial charge in [0.25, 0.3) is 0 Å². The molecule has 0 N–H and O–H groups in total. The Hall–Kier alpha value is -2.63. The number of amides is 1. The van der Waals surface area contributed by atoms with Crippen LogP contribution in [0.5, 0.6) is 17.4 Å². The zero-order chi connectivity index (χ0) is 16.9. The molecular weight excluding hydrogens is 306 g/mol. The highest BCUT2D eigenvalue weighted by atomic mass is 16.5. The van der Waals surface area contributed by atoms with Gasteiger partial charge in [0.15, 0.2) is 0 Å². The maximum absolute atomic E-state index is 11.5. The number of piperidine rings is 1. The van der Waals surface area contributed by atoms with Crippen LogP contribution in [0.15, 0.2) is 36.7 Å². The van der Waals surface area contributed by atoms with Crippen molar-refractivity contribution in [3.63, 3.8) is 0 Å². The molecule has 1 aromatic heterocycles. The predicted molar refractivity (Wildman–Crippen MR) is 89.3 cm³/mol. The van der Waals surface area contributed by atoms with Gasteiger partial charge in [-0.25, -0.2) is 4.98 Å². The summed E-state index contributed by atoms with van der Waals surface area (Å²) in [7, 11) is 1.62. The van der Waals surface area contributed by atoms with Gasteiger partial charge in [0.2, 0.25) is 11.8 Å². The van der Waals surface area contributed by atoms with E-state index < -0.39 is 0 Å². The van der Waals surface area contributed by atoms with Crippen LogP contribution in [0.4, 0.5) is 0 Å². The topological polar surface area (TPSA) is 64.6 Å². The first-order valence-electron chi connectivity index (χ1n) is 8.05. The molecule has 3 rings (SSSR count). The van der Waals surface area contributed by atoms with Gasteiger partial charge < -0.3 is 14.4 Å². The monoisotopic (exact) mass is 327 g/mol. The largest absolute Gasteiger partial charge is 0.497 e. The van der Waals surface area contributed by atoms with Crippen molar-refractivity contribution >= 4 is 5.91 Å². The molecule has 1 amide bonds. The van der Waals surface area contributed by atoms with Crippen molar-refractivity contribution in [1.82, 2.24) is 14.9 Å². The van der Waals surface area contributed by atoms with Crippen LogP contribution in [0.2, 0.25) is 0 Å². The molecule has 2 heterocycles. The fraction of sp³-hybridized carbons (Fsp3) is 0.389. The number of ether oxygens (including phenoxy) is 2. The lowest BCUT2D eigenvalue weighted by Gasteiger charge is -2.31. The van der Waals surface area contributed by atoms with Crippen LogP contribution in [0.3, 0.4) is 0 Å². The molecule has 6 heteroatoms. The van der Waals surface area contributed by atoms with Crippen LogP contribution < -0.4 is 9.47 Å². The molecule has 6 nitrogen and oxygen atoms in total. The Bertz CT molecular complexity index is 712. The summed E-state index contributed by atoms with van der Waals surface area (Å²) in [5.74, 6) is 2.28. The van der Waals surface area contributed by atoms with E-state index in [0.717, 1.165) is 37.4 Å². The highest BCUT2D eigenvalue weighted by Crippen LogP contribution is 2.34. The number of benzene rings is 1. The van der Waals surface area contributed by atoms with Gasteiger partial charge in [-0.3, -0.25) is 9.78 Å². The van der Waals surface area contributed by atoms with Gasteiger partial charge in [-0.15, -0.1) is 0 Å². The first-order valence-corrected chi connectivity index (χ1v) is 8.05. The molecule has 0 saturated carbocycles. The van der Waals surface area contributed by atoms with E-state index >= 15 is 0 Å². The summed E-state index contributed by atoms with van der Waals surface area (Å²) in [5.41, 5.74) is 0.850. The highest BCUT2D eigenvalue weighted by molar-refractivity contribution is 5.73. The number of hydrogen-bond donors (Lipinski definition) is 0. The molecule has 1 aliphatic heterocycles. The Labute approximate surface area is 141 Å². The third-order valence-electron chi connectivity index (χ3n) is 4.27. The lowest BCUT2D eigenvalue weighted by molar-refractivity contribution is -0.129. The number of hydrogen-bond acceptors (Lipinski definition) is 5. The standard InChI is InChI=1S/C18H21N3O3/c1-13(22)21-10-6-14(7-11-21)17-18(20-9-8-19-17)24-16-5-3-4-15(12-16)23-2/h3-5,8-9,12,14H,6-7,10-11H2,1-2H3. The van der Waals surface area contributed by atoms with E-state index in [-0.39, 0.29) is 11.8 Å². The second-order valence-corrected chi connectivity index (χ2v) is 5.81. The Kier molecular flexibility index (Phi) is 4.93. The maximum atomic E-state index is 11.5. The summed E-state index contributed by atoms with van der Waals surface area (Å²) >= 11 is 0. The third-order valence-corrected chi connectivity index (χ3v) is 4.27. The number of carbonyl (C=O) groups is 1. The number of likely N-dealkylation sites (tertiary alicyclic amines) is 1. The number of methoxy groups -OCH3 is 1. The Morgan fingerprint density at radius 1 is 1.17 bits per heavy atom. The van der Waals surface area contributed by atoms with Crippen molar-refractivity contribution in [2.45, 2.75) is 25.7 Å².